The maximum absolute atomic E-state index is 12.7. The summed E-state index contributed by atoms with van der Waals surface area (Å²) in [6, 6.07) is 1.69. The highest BCUT2D eigenvalue weighted by Crippen LogP contribution is 2.27. The lowest BCUT2D eigenvalue weighted by Gasteiger charge is -2.12. The summed E-state index contributed by atoms with van der Waals surface area (Å²) in [5.74, 6) is -1.89. The van der Waals surface area contributed by atoms with Gasteiger partial charge in [0.25, 0.3) is 5.92 Å². The van der Waals surface area contributed by atoms with Gasteiger partial charge in [0.2, 0.25) is 0 Å². The van der Waals surface area contributed by atoms with Crippen LogP contribution in [-0.4, -0.2) is 29.1 Å². The van der Waals surface area contributed by atoms with Gasteiger partial charge in [-0.1, -0.05) is 5.16 Å². The largest absolute Gasteiger partial charge is 0.360 e. The zero-order chi connectivity index (χ0) is 9.31. The molecular weight excluding hydrogens is 178 g/mol. The standard InChI is InChI=1S/C8H10F2N2O/c9-8(10)2-4-12(6-8)5-7-1-3-11-13-7/h1,3H,2,4-6H2. The molecule has 0 unspecified atom stereocenters. The number of aromatic nitrogens is 1. The van der Waals surface area contributed by atoms with Gasteiger partial charge in [-0.15, -0.1) is 0 Å². The smallest absolute Gasteiger partial charge is 0.261 e. The maximum Gasteiger partial charge on any atom is 0.261 e. The molecule has 1 saturated heterocycles. The number of rotatable bonds is 2. The van der Waals surface area contributed by atoms with Crippen LogP contribution >= 0.6 is 0 Å². The molecule has 72 valence electrons. The molecule has 1 aromatic heterocycles. The zero-order valence-electron chi connectivity index (χ0n) is 7.04. The summed E-state index contributed by atoms with van der Waals surface area (Å²) in [5, 5.41) is 3.51. The molecule has 0 spiro atoms. The van der Waals surface area contributed by atoms with Crippen molar-refractivity contribution in [1.29, 1.82) is 0 Å². The minimum atomic E-state index is -2.53. The fourth-order valence-corrected chi connectivity index (χ4v) is 1.49. The SMILES string of the molecule is FC1(F)CCN(Cc2ccno2)C1. The Hall–Kier alpha value is -0.970. The molecule has 5 heteroatoms. The normalized spacial score (nSPS) is 22.3. The Balaban J connectivity index is 1.91. The minimum Gasteiger partial charge on any atom is -0.360 e. The average Bonchev–Trinajstić information content (AvgIpc) is 2.61. The molecular formula is C8H10F2N2O. The molecule has 2 rings (SSSR count). The van der Waals surface area contributed by atoms with Gasteiger partial charge in [-0.05, 0) is 0 Å². The summed E-state index contributed by atoms with van der Waals surface area (Å²) in [4.78, 5) is 1.67. The van der Waals surface area contributed by atoms with Crippen LogP contribution < -0.4 is 0 Å². The van der Waals surface area contributed by atoms with Gasteiger partial charge in [0.15, 0.2) is 5.76 Å². The van der Waals surface area contributed by atoms with E-state index in [2.05, 4.69) is 5.16 Å². The minimum absolute atomic E-state index is 0.0544. The van der Waals surface area contributed by atoms with Crippen LogP contribution in [0, 0.1) is 0 Å². The highest BCUT2D eigenvalue weighted by atomic mass is 19.3. The van der Waals surface area contributed by atoms with Gasteiger partial charge in [-0.2, -0.15) is 0 Å². The van der Waals surface area contributed by atoms with E-state index in [-0.39, 0.29) is 13.0 Å². The summed E-state index contributed by atoms with van der Waals surface area (Å²) in [6.07, 6.45) is 1.46. The number of nitrogens with zero attached hydrogens (tertiary/aromatic N) is 2. The van der Waals surface area contributed by atoms with Crippen molar-refractivity contribution < 1.29 is 13.3 Å². The summed E-state index contributed by atoms with van der Waals surface area (Å²) in [7, 11) is 0. The van der Waals surface area contributed by atoms with E-state index in [0.717, 1.165) is 0 Å². The van der Waals surface area contributed by atoms with Crippen LogP contribution in [0.15, 0.2) is 16.8 Å². The second kappa shape index (κ2) is 3.06. The Morgan fingerprint density at radius 3 is 3.00 bits per heavy atom. The maximum atomic E-state index is 12.7. The molecule has 1 aliphatic rings. The predicted octanol–water partition coefficient (Wildman–Crippen LogP) is 1.52. The number of alkyl halides is 2. The lowest BCUT2D eigenvalue weighted by Crippen LogP contribution is -2.24. The molecule has 0 radical (unpaired) electrons. The fraction of sp³-hybridized carbons (Fsp3) is 0.625. The first-order chi connectivity index (χ1) is 6.16. The van der Waals surface area contributed by atoms with E-state index in [4.69, 9.17) is 4.52 Å². The van der Waals surface area contributed by atoms with E-state index in [0.29, 0.717) is 18.8 Å². The molecule has 0 bridgehead atoms. The first kappa shape index (κ1) is 8.62. The Morgan fingerprint density at radius 1 is 1.62 bits per heavy atom. The second-order valence-corrected chi connectivity index (χ2v) is 3.30. The van der Waals surface area contributed by atoms with Crippen molar-refractivity contribution in [2.45, 2.75) is 18.9 Å². The zero-order valence-corrected chi connectivity index (χ0v) is 7.04. The van der Waals surface area contributed by atoms with E-state index in [1.165, 1.54) is 6.20 Å². The van der Waals surface area contributed by atoms with Gasteiger partial charge >= 0.3 is 0 Å². The first-order valence-corrected chi connectivity index (χ1v) is 4.15. The molecule has 13 heavy (non-hydrogen) atoms. The van der Waals surface area contributed by atoms with Crippen molar-refractivity contribution in [3.63, 3.8) is 0 Å². The summed E-state index contributed by atoms with van der Waals surface area (Å²) in [6.45, 7) is 0.678. The molecule has 0 aromatic carbocycles. The van der Waals surface area contributed by atoms with Crippen molar-refractivity contribution in [2.75, 3.05) is 13.1 Å². The van der Waals surface area contributed by atoms with Gasteiger partial charge in [0.05, 0.1) is 19.3 Å². The highest BCUT2D eigenvalue weighted by molar-refractivity contribution is 4.94. The van der Waals surface area contributed by atoms with Crippen LogP contribution in [0.3, 0.4) is 0 Å². The lowest BCUT2D eigenvalue weighted by molar-refractivity contribution is 0.0108. The van der Waals surface area contributed by atoms with Crippen molar-refractivity contribution in [2.24, 2.45) is 0 Å². The molecule has 0 N–H and O–H groups in total. The number of likely N-dealkylation sites (tertiary alicyclic amines) is 1. The molecule has 0 saturated carbocycles. The molecule has 1 aliphatic heterocycles. The van der Waals surface area contributed by atoms with Crippen molar-refractivity contribution in [1.82, 2.24) is 10.1 Å². The molecule has 0 atom stereocenters. The van der Waals surface area contributed by atoms with E-state index in [1.807, 2.05) is 0 Å². The van der Waals surface area contributed by atoms with Crippen LogP contribution in [-0.2, 0) is 6.54 Å². The average molecular weight is 188 g/mol. The monoisotopic (exact) mass is 188 g/mol. The van der Waals surface area contributed by atoms with Crippen molar-refractivity contribution >= 4 is 0 Å². The number of hydrogen-bond acceptors (Lipinski definition) is 3. The van der Waals surface area contributed by atoms with Crippen LogP contribution in [0.2, 0.25) is 0 Å². The molecule has 0 amide bonds. The number of halogens is 2. The van der Waals surface area contributed by atoms with Crippen LogP contribution in [0.5, 0.6) is 0 Å². The summed E-state index contributed by atoms with van der Waals surface area (Å²) < 4.78 is 30.3. The van der Waals surface area contributed by atoms with Gasteiger partial charge in [0, 0.05) is 19.0 Å². The Bertz CT molecular complexity index is 274. The van der Waals surface area contributed by atoms with Crippen LogP contribution in [0.25, 0.3) is 0 Å². The van der Waals surface area contributed by atoms with Gasteiger partial charge in [-0.25, -0.2) is 8.78 Å². The van der Waals surface area contributed by atoms with E-state index < -0.39 is 5.92 Å². The topological polar surface area (TPSA) is 29.3 Å². The van der Waals surface area contributed by atoms with Gasteiger partial charge in [-0.3, -0.25) is 4.90 Å². The Labute approximate surface area is 74.3 Å². The Kier molecular flexibility index (Phi) is 2.03. The third-order valence-electron chi connectivity index (χ3n) is 2.12. The molecule has 3 nitrogen and oxygen atoms in total. The van der Waals surface area contributed by atoms with Crippen LogP contribution in [0.4, 0.5) is 8.78 Å². The molecule has 0 aliphatic carbocycles. The number of hydrogen-bond donors (Lipinski definition) is 0. The fourth-order valence-electron chi connectivity index (χ4n) is 1.49. The van der Waals surface area contributed by atoms with E-state index in [9.17, 15) is 8.78 Å². The third-order valence-corrected chi connectivity index (χ3v) is 2.12. The van der Waals surface area contributed by atoms with Gasteiger partial charge in [0.1, 0.15) is 0 Å². The summed E-state index contributed by atoms with van der Waals surface area (Å²) in [5.41, 5.74) is 0. The molecule has 1 fully saturated rings. The second-order valence-electron chi connectivity index (χ2n) is 3.30. The molecule has 2 heterocycles. The van der Waals surface area contributed by atoms with Crippen LogP contribution in [0.1, 0.15) is 12.2 Å². The van der Waals surface area contributed by atoms with Crippen molar-refractivity contribution in [3.05, 3.63) is 18.0 Å². The highest BCUT2D eigenvalue weighted by Gasteiger charge is 2.38. The lowest BCUT2D eigenvalue weighted by atomic mass is 10.3. The Morgan fingerprint density at radius 2 is 2.46 bits per heavy atom. The van der Waals surface area contributed by atoms with E-state index in [1.54, 1.807) is 11.0 Å². The predicted molar refractivity (Wildman–Crippen MR) is 41.3 cm³/mol. The van der Waals surface area contributed by atoms with Crippen molar-refractivity contribution in [3.8, 4) is 0 Å². The quantitative estimate of drug-likeness (QED) is 0.704. The molecule has 1 aromatic rings. The summed E-state index contributed by atoms with van der Waals surface area (Å²) >= 11 is 0. The van der Waals surface area contributed by atoms with E-state index >= 15 is 0 Å². The third kappa shape index (κ3) is 2.03. The van der Waals surface area contributed by atoms with Gasteiger partial charge < -0.3 is 4.52 Å². The first-order valence-electron chi connectivity index (χ1n) is 4.15.